The number of aromatic nitrogens is 4. The van der Waals surface area contributed by atoms with Crippen LogP contribution < -0.4 is 5.43 Å². The van der Waals surface area contributed by atoms with Crippen molar-refractivity contribution in [2.45, 2.75) is 12.1 Å². The molecule has 1 N–H and O–H groups in total. The molecule has 0 aliphatic carbocycles. The van der Waals surface area contributed by atoms with Crippen molar-refractivity contribution in [3.8, 4) is 17.1 Å². The quantitative estimate of drug-likeness (QED) is 0.222. The molecule has 2 aromatic heterocycles. The van der Waals surface area contributed by atoms with Gasteiger partial charge in [-0.2, -0.15) is 5.10 Å². The molecule has 2 aromatic carbocycles. The highest BCUT2D eigenvalue weighted by Gasteiger charge is 2.17. The molecule has 32 heavy (non-hydrogen) atoms. The Hall–Kier alpha value is -3.30. The van der Waals surface area contributed by atoms with Gasteiger partial charge in [-0.3, -0.25) is 14.3 Å². The highest BCUT2D eigenvalue weighted by molar-refractivity contribution is 9.10. The zero-order valence-corrected chi connectivity index (χ0v) is 19.5. The standard InChI is InChI=1S/C23H19BrN6OS/c1-16(17-11-13-25-14-12-17)26-27-21(31)15-32-23-29-28-22(18-5-3-2-4-6-18)30(23)20-9-7-19(24)8-10-20/h2-14H,15H2,1H3,(H,27,31)/b26-16+. The predicted octanol–water partition coefficient (Wildman–Crippen LogP) is 4.72. The molecule has 1 amide bonds. The summed E-state index contributed by atoms with van der Waals surface area (Å²) >= 11 is 4.78. The lowest BCUT2D eigenvalue weighted by Gasteiger charge is -2.10. The molecule has 0 radical (unpaired) electrons. The van der Waals surface area contributed by atoms with Gasteiger partial charge in [0.05, 0.1) is 11.5 Å². The van der Waals surface area contributed by atoms with E-state index in [0.717, 1.165) is 21.3 Å². The maximum Gasteiger partial charge on any atom is 0.250 e. The topological polar surface area (TPSA) is 85.1 Å². The first kappa shape index (κ1) is 21.9. The van der Waals surface area contributed by atoms with Crippen molar-refractivity contribution in [2.75, 3.05) is 5.75 Å². The van der Waals surface area contributed by atoms with E-state index in [1.165, 1.54) is 11.8 Å². The lowest BCUT2D eigenvalue weighted by molar-refractivity contribution is -0.118. The van der Waals surface area contributed by atoms with E-state index in [4.69, 9.17) is 0 Å². The number of rotatable bonds is 7. The van der Waals surface area contributed by atoms with E-state index in [1.54, 1.807) is 12.4 Å². The Kier molecular flexibility index (Phi) is 7.08. The zero-order chi connectivity index (χ0) is 22.3. The van der Waals surface area contributed by atoms with Crippen molar-refractivity contribution in [1.29, 1.82) is 0 Å². The van der Waals surface area contributed by atoms with Crippen LogP contribution in [0.3, 0.4) is 0 Å². The number of pyridine rings is 1. The summed E-state index contributed by atoms with van der Waals surface area (Å²) in [6, 6.07) is 21.4. The van der Waals surface area contributed by atoms with Crippen LogP contribution >= 0.6 is 27.7 Å². The fourth-order valence-electron chi connectivity index (χ4n) is 2.93. The number of nitrogens with zero attached hydrogens (tertiary/aromatic N) is 5. The fourth-order valence-corrected chi connectivity index (χ4v) is 3.94. The van der Waals surface area contributed by atoms with Crippen molar-refractivity contribution in [1.82, 2.24) is 25.2 Å². The number of carbonyl (C=O) groups is 1. The number of hydrogen-bond acceptors (Lipinski definition) is 6. The molecule has 0 saturated heterocycles. The van der Waals surface area contributed by atoms with Gasteiger partial charge in [-0.15, -0.1) is 10.2 Å². The highest BCUT2D eigenvalue weighted by Crippen LogP contribution is 2.28. The van der Waals surface area contributed by atoms with Gasteiger partial charge in [0.15, 0.2) is 11.0 Å². The maximum absolute atomic E-state index is 12.4. The minimum Gasteiger partial charge on any atom is -0.272 e. The Morgan fingerprint density at radius 1 is 1.03 bits per heavy atom. The summed E-state index contributed by atoms with van der Waals surface area (Å²) in [6.07, 6.45) is 3.37. The molecular formula is C23H19BrN6OS. The third kappa shape index (κ3) is 5.30. The summed E-state index contributed by atoms with van der Waals surface area (Å²) in [5.41, 5.74) is 6.05. The van der Waals surface area contributed by atoms with Crippen LogP contribution in [-0.2, 0) is 4.79 Å². The van der Waals surface area contributed by atoms with Crippen molar-refractivity contribution < 1.29 is 4.79 Å². The van der Waals surface area contributed by atoms with E-state index in [2.05, 4.69) is 41.6 Å². The van der Waals surface area contributed by atoms with Gasteiger partial charge in [-0.25, -0.2) is 5.43 Å². The molecule has 9 heteroatoms. The first-order chi connectivity index (χ1) is 15.6. The Labute approximate surface area is 198 Å². The van der Waals surface area contributed by atoms with E-state index in [1.807, 2.05) is 78.2 Å². The summed E-state index contributed by atoms with van der Waals surface area (Å²) in [7, 11) is 0. The van der Waals surface area contributed by atoms with E-state index in [0.29, 0.717) is 16.7 Å². The average molecular weight is 507 g/mol. The van der Waals surface area contributed by atoms with E-state index >= 15 is 0 Å². The second-order valence-corrected chi connectivity index (χ2v) is 8.60. The summed E-state index contributed by atoms with van der Waals surface area (Å²) in [5.74, 6) is 0.633. The van der Waals surface area contributed by atoms with Gasteiger partial charge in [-0.05, 0) is 43.3 Å². The van der Waals surface area contributed by atoms with E-state index < -0.39 is 0 Å². The molecule has 2 heterocycles. The number of amides is 1. The van der Waals surface area contributed by atoms with Crippen LogP contribution in [0.15, 0.2) is 93.9 Å². The molecule has 4 rings (SSSR count). The first-order valence-corrected chi connectivity index (χ1v) is 11.5. The van der Waals surface area contributed by atoms with Crippen molar-refractivity contribution in [3.63, 3.8) is 0 Å². The van der Waals surface area contributed by atoms with Crippen molar-refractivity contribution >= 4 is 39.3 Å². The maximum atomic E-state index is 12.4. The van der Waals surface area contributed by atoms with Gasteiger partial charge >= 0.3 is 0 Å². The summed E-state index contributed by atoms with van der Waals surface area (Å²) in [5, 5.41) is 13.5. The minimum absolute atomic E-state index is 0.149. The number of hydrazone groups is 1. The largest absolute Gasteiger partial charge is 0.272 e. The number of halogens is 1. The van der Waals surface area contributed by atoms with Gasteiger partial charge in [0, 0.05) is 33.7 Å². The van der Waals surface area contributed by atoms with Crippen LogP contribution in [0, 0.1) is 0 Å². The second-order valence-electron chi connectivity index (χ2n) is 6.74. The molecule has 0 aliphatic rings. The minimum atomic E-state index is -0.227. The normalized spacial score (nSPS) is 11.4. The van der Waals surface area contributed by atoms with E-state index in [-0.39, 0.29) is 11.7 Å². The number of thioether (sulfide) groups is 1. The SMILES string of the molecule is C/C(=N\NC(=O)CSc1nnc(-c2ccccc2)n1-c1ccc(Br)cc1)c1ccncc1. The predicted molar refractivity (Wildman–Crippen MR) is 130 cm³/mol. The Balaban J connectivity index is 1.53. The first-order valence-electron chi connectivity index (χ1n) is 9.75. The lowest BCUT2D eigenvalue weighted by atomic mass is 10.2. The number of carbonyl (C=O) groups excluding carboxylic acids is 1. The number of nitrogens with one attached hydrogen (secondary N) is 1. The smallest absolute Gasteiger partial charge is 0.250 e. The average Bonchev–Trinajstić information content (AvgIpc) is 3.27. The highest BCUT2D eigenvalue weighted by atomic mass is 79.9. The van der Waals surface area contributed by atoms with Crippen LogP contribution in [-0.4, -0.2) is 37.1 Å². The van der Waals surface area contributed by atoms with E-state index in [9.17, 15) is 4.79 Å². The van der Waals surface area contributed by atoms with Gasteiger partial charge < -0.3 is 0 Å². The monoisotopic (exact) mass is 506 g/mol. The van der Waals surface area contributed by atoms with Crippen LogP contribution in [0.25, 0.3) is 17.1 Å². The lowest BCUT2D eigenvalue weighted by Crippen LogP contribution is -2.21. The van der Waals surface area contributed by atoms with Crippen LogP contribution in [0.5, 0.6) is 0 Å². The molecule has 0 saturated carbocycles. The second kappa shape index (κ2) is 10.3. The van der Waals surface area contributed by atoms with Gasteiger partial charge in [0.25, 0.3) is 5.91 Å². The van der Waals surface area contributed by atoms with Gasteiger partial charge in [0.2, 0.25) is 0 Å². The molecule has 0 unspecified atom stereocenters. The molecular weight excluding hydrogens is 488 g/mol. The Bertz CT molecular complexity index is 1230. The summed E-state index contributed by atoms with van der Waals surface area (Å²) < 4.78 is 2.93. The molecule has 0 fully saturated rings. The zero-order valence-electron chi connectivity index (χ0n) is 17.1. The number of benzene rings is 2. The molecule has 0 spiro atoms. The van der Waals surface area contributed by atoms with Crippen molar-refractivity contribution in [2.24, 2.45) is 5.10 Å². The van der Waals surface area contributed by atoms with Crippen LogP contribution in [0.1, 0.15) is 12.5 Å². The molecule has 0 aliphatic heterocycles. The van der Waals surface area contributed by atoms with Gasteiger partial charge in [0.1, 0.15) is 0 Å². The number of hydrogen-bond donors (Lipinski definition) is 1. The fraction of sp³-hybridized carbons (Fsp3) is 0.0870. The van der Waals surface area contributed by atoms with Crippen molar-refractivity contribution in [3.05, 3.63) is 89.2 Å². The third-order valence-corrected chi connectivity index (χ3v) is 5.99. The Morgan fingerprint density at radius 3 is 2.47 bits per heavy atom. The molecule has 4 aromatic rings. The van der Waals surface area contributed by atoms with Crippen LogP contribution in [0.4, 0.5) is 0 Å². The molecule has 7 nitrogen and oxygen atoms in total. The molecule has 160 valence electrons. The Morgan fingerprint density at radius 2 is 1.75 bits per heavy atom. The van der Waals surface area contributed by atoms with Crippen LogP contribution in [0.2, 0.25) is 0 Å². The third-order valence-electron chi connectivity index (χ3n) is 4.53. The summed E-state index contributed by atoms with van der Waals surface area (Å²) in [4.78, 5) is 16.4. The molecule has 0 atom stereocenters. The van der Waals surface area contributed by atoms with Gasteiger partial charge in [-0.1, -0.05) is 58.0 Å². The molecule has 0 bridgehead atoms. The summed E-state index contributed by atoms with van der Waals surface area (Å²) in [6.45, 7) is 1.83.